The molecule has 22 heavy (non-hydrogen) atoms. The van der Waals surface area contributed by atoms with Gasteiger partial charge in [0.15, 0.2) is 0 Å². The van der Waals surface area contributed by atoms with Crippen molar-refractivity contribution in [2.45, 2.75) is 104 Å². The molecular formula is C18H38O3Ti. The van der Waals surface area contributed by atoms with Crippen LogP contribution in [0.1, 0.15) is 104 Å². The van der Waals surface area contributed by atoms with Crippen LogP contribution >= 0.6 is 0 Å². The van der Waals surface area contributed by atoms with E-state index in [-0.39, 0.29) is 0 Å². The van der Waals surface area contributed by atoms with Gasteiger partial charge in [-0.25, -0.2) is 0 Å². The van der Waals surface area contributed by atoms with Crippen LogP contribution in [0.15, 0.2) is 0 Å². The van der Waals surface area contributed by atoms with Gasteiger partial charge < -0.3 is 0 Å². The van der Waals surface area contributed by atoms with Crippen LogP contribution in [0.2, 0.25) is 0 Å². The standard InChI is InChI=1S/C18H37O.H2O.O.Ti/c1-18(2)16-14-12-10-8-6-4-3-5-7-9-11-13-15-17-19;;;/h18H,3-17H2,1-2H3;1H2;;/q-1;;;+2/p-1. The average Bonchev–Trinajstić information content (AvgIpc) is 2.46. The molecule has 0 radical (unpaired) electrons. The van der Waals surface area contributed by atoms with Gasteiger partial charge in [0, 0.05) is 0 Å². The van der Waals surface area contributed by atoms with E-state index < -0.39 is 18.6 Å². The Morgan fingerprint density at radius 2 is 1.09 bits per heavy atom. The van der Waals surface area contributed by atoms with Gasteiger partial charge in [-0.15, -0.1) is 0 Å². The van der Waals surface area contributed by atoms with E-state index >= 15 is 0 Å². The minimum absolute atomic E-state index is 0.465. The summed E-state index contributed by atoms with van der Waals surface area (Å²) in [6.07, 6.45) is 18.6. The van der Waals surface area contributed by atoms with Crippen LogP contribution in [0.3, 0.4) is 0 Å². The van der Waals surface area contributed by atoms with Gasteiger partial charge >= 0.3 is 99.8 Å². The molecule has 0 amide bonds. The van der Waals surface area contributed by atoms with Crippen molar-refractivity contribution in [1.82, 2.24) is 0 Å². The van der Waals surface area contributed by atoms with Crippen molar-refractivity contribution in [2.24, 2.45) is 5.92 Å². The van der Waals surface area contributed by atoms with E-state index in [9.17, 15) is 3.32 Å². The molecule has 0 fully saturated rings. The molecule has 4 heteroatoms. The third kappa shape index (κ3) is 20.4. The van der Waals surface area contributed by atoms with E-state index in [1.54, 1.807) is 0 Å². The molecule has 1 N–H and O–H groups in total. The molecule has 132 valence electrons. The Hall–Kier alpha value is 0.434. The van der Waals surface area contributed by atoms with Gasteiger partial charge in [0.2, 0.25) is 0 Å². The fraction of sp³-hybridized carbons (Fsp3) is 1.00. The van der Waals surface area contributed by atoms with E-state index in [0.717, 1.165) is 18.8 Å². The van der Waals surface area contributed by atoms with Crippen LogP contribution in [-0.2, 0) is 25.3 Å². The molecule has 0 spiro atoms. The number of hydrogen-bond acceptors (Lipinski definition) is 2. The van der Waals surface area contributed by atoms with E-state index in [4.69, 9.17) is 7.01 Å². The second kappa shape index (κ2) is 17.8. The fourth-order valence-corrected chi connectivity index (χ4v) is 3.26. The second-order valence-corrected chi connectivity index (χ2v) is 8.17. The Bertz CT molecular complexity index is 244. The molecule has 0 bridgehead atoms. The monoisotopic (exact) mass is 350 g/mol. The summed E-state index contributed by atoms with van der Waals surface area (Å²) in [6.45, 7) is 5.09. The van der Waals surface area contributed by atoms with E-state index in [1.807, 2.05) is 0 Å². The molecule has 0 aliphatic rings. The normalized spacial score (nSPS) is 11.3. The Balaban J connectivity index is 2.98. The average molecular weight is 350 g/mol. The second-order valence-electron chi connectivity index (χ2n) is 6.89. The molecule has 0 aliphatic heterocycles. The number of unbranched alkanes of at least 4 members (excludes halogenated alkanes) is 12. The van der Waals surface area contributed by atoms with Crippen molar-refractivity contribution in [3.8, 4) is 0 Å². The summed E-state index contributed by atoms with van der Waals surface area (Å²) in [4.78, 5) is 0. The summed E-state index contributed by atoms with van der Waals surface area (Å²) >= 11 is -3.25. The van der Waals surface area contributed by atoms with Gasteiger partial charge in [-0.3, -0.25) is 0 Å². The number of rotatable bonds is 17. The Kier molecular flexibility index (Phi) is 18.1. The predicted molar refractivity (Wildman–Crippen MR) is 88.3 cm³/mol. The summed E-state index contributed by atoms with van der Waals surface area (Å²) in [5.41, 5.74) is 0. The minimum atomic E-state index is -3.25. The quantitative estimate of drug-likeness (QED) is 0.262. The van der Waals surface area contributed by atoms with Crippen molar-refractivity contribution in [3.05, 3.63) is 0 Å². The van der Waals surface area contributed by atoms with Crippen molar-refractivity contribution in [3.63, 3.8) is 0 Å². The molecule has 0 unspecified atom stereocenters. The SMILES string of the molecule is CC(C)CCCCCCCCCCCCCCC[O][Ti](=[O])[OH]. The summed E-state index contributed by atoms with van der Waals surface area (Å²) in [7, 11) is 0. The van der Waals surface area contributed by atoms with Gasteiger partial charge in [-0.2, -0.15) is 0 Å². The molecule has 0 aromatic carbocycles. The van der Waals surface area contributed by atoms with Gasteiger partial charge in [0.1, 0.15) is 0 Å². The van der Waals surface area contributed by atoms with Crippen LogP contribution < -0.4 is 0 Å². The topological polar surface area (TPSA) is 46.5 Å². The van der Waals surface area contributed by atoms with Crippen molar-refractivity contribution < 1.29 is 28.9 Å². The maximum absolute atomic E-state index is 10.4. The molecule has 0 atom stereocenters. The summed E-state index contributed by atoms with van der Waals surface area (Å²) < 4.78 is 23.7. The third-order valence-corrected chi connectivity index (χ3v) is 4.86. The van der Waals surface area contributed by atoms with Crippen molar-refractivity contribution in [1.29, 1.82) is 0 Å². The predicted octanol–water partition coefficient (Wildman–Crippen LogP) is 5.91. The van der Waals surface area contributed by atoms with Gasteiger partial charge in [0.05, 0.1) is 0 Å². The van der Waals surface area contributed by atoms with Crippen LogP contribution in [-0.4, -0.2) is 10.3 Å². The van der Waals surface area contributed by atoms with Gasteiger partial charge in [-0.1, -0.05) is 39.5 Å². The molecule has 0 aromatic rings. The fourth-order valence-electron chi connectivity index (χ4n) is 2.76. The van der Waals surface area contributed by atoms with Crippen LogP contribution in [0.4, 0.5) is 0 Å². The van der Waals surface area contributed by atoms with Gasteiger partial charge in [0.25, 0.3) is 0 Å². The zero-order valence-electron chi connectivity index (χ0n) is 14.9. The summed E-state index contributed by atoms with van der Waals surface area (Å²) in [5, 5.41) is 0. The first kappa shape index (κ1) is 22.4. The molecule has 0 aromatic heterocycles. The molecule has 0 aliphatic carbocycles. The summed E-state index contributed by atoms with van der Waals surface area (Å²) in [5.74, 6) is 0.869. The molecule has 0 rings (SSSR count). The zero-order valence-corrected chi connectivity index (χ0v) is 16.5. The van der Waals surface area contributed by atoms with Crippen LogP contribution in [0.25, 0.3) is 0 Å². The number of hydrogen-bond donors (Lipinski definition) is 1. The molecule has 0 saturated carbocycles. The first-order chi connectivity index (χ1) is 10.6. The zero-order chi connectivity index (χ0) is 16.5. The first-order valence-electron chi connectivity index (χ1n) is 9.48. The maximum atomic E-state index is 10.4. The van der Waals surface area contributed by atoms with E-state index in [1.165, 1.54) is 77.0 Å². The summed E-state index contributed by atoms with van der Waals surface area (Å²) in [6, 6.07) is 0. The Labute approximate surface area is 145 Å². The Morgan fingerprint density at radius 1 is 0.727 bits per heavy atom. The van der Waals surface area contributed by atoms with E-state index in [0.29, 0.717) is 6.61 Å². The first-order valence-corrected chi connectivity index (χ1v) is 11.5. The third-order valence-electron chi connectivity index (χ3n) is 4.15. The van der Waals surface area contributed by atoms with Gasteiger partial charge in [-0.05, 0) is 5.92 Å². The Morgan fingerprint density at radius 3 is 1.45 bits per heavy atom. The van der Waals surface area contributed by atoms with Crippen molar-refractivity contribution >= 4 is 0 Å². The van der Waals surface area contributed by atoms with E-state index in [2.05, 4.69) is 13.8 Å². The van der Waals surface area contributed by atoms with Crippen LogP contribution in [0.5, 0.6) is 0 Å². The van der Waals surface area contributed by atoms with Crippen LogP contribution in [0, 0.1) is 5.92 Å². The molecular weight excluding hydrogens is 312 g/mol. The van der Waals surface area contributed by atoms with Crippen molar-refractivity contribution in [2.75, 3.05) is 6.61 Å². The molecule has 0 saturated heterocycles. The molecule has 3 nitrogen and oxygen atoms in total. The molecule has 0 heterocycles.